The summed E-state index contributed by atoms with van der Waals surface area (Å²) in [6.07, 6.45) is 3.45. The summed E-state index contributed by atoms with van der Waals surface area (Å²) in [6.45, 7) is -0.0728. The number of benzene rings is 1. The number of rotatable bonds is 4. The Kier molecular flexibility index (Phi) is 3.98. The summed E-state index contributed by atoms with van der Waals surface area (Å²) in [5.74, 6) is 0.430. The van der Waals surface area contributed by atoms with Crippen LogP contribution in [0.25, 0.3) is 10.9 Å². The van der Waals surface area contributed by atoms with Crippen molar-refractivity contribution >= 4 is 34.1 Å². The zero-order valence-corrected chi connectivity index (χ0v) is 12.7. The summed E-state index contributed by atoms with van der Waals surface area (Å²) >= 11 is 5.70. The van der Waals surface area contributed by atoms with Gasteiger partial charge in [0.1, 0.15) is 10.9 Å². The van der Waals surface area contributed by atoms with Crippen molar-refractivity contribution in [2.45, 2.75) is 0 Å². The van der Waals surface area contributed by atoms with Gasteiger partial charge in [-0.15, -0.1) is 0 Å². The predicted molar refractivity (Wildman–Crippen MR) is 86.3 cm³/mol. The standard InChI is InChI=1S/C16H14ClN3O2/c1-20-8-7-12-13(20)3-2-4-14(12)22-10-16(21)19-11-5-6-15(17)18-9-11/h2-9H,10H2,1H3,(H,19,21). The van der Waals surface area contributed by atoms with Crippen molar-refractivity contribution in [2.75, 3.05) is 11.9 Å². The van der Waals surface area contributed by atoms with Gasteiger partial charge in [-0.1, -0.05) is 17.7 Å². The molecule has 0 saturated carbocycles. The van der Waals surface area contributed by atoms with Crippen molar-refractivity contribution in [3.8, 4) is 5.75 Å². The van der Waals surface area contributed by atoms with E-state index in [0.29, 0.717) is 16.6 Å². The van der Waals surface area contributed by atoms with E-state index in [2.05, 4.69) is 10.3 Å². The average Bonchev–Trinajstić information content (AvgIpc) is 2.90. The van der Waals surface area contributed by atoms with Crippen LogP contribution in [0.5, 0.6) is 5.75 Å². The Morgan fingerprint density at radius 1 is 1.32 bits per heavy atom. The number of carbonyl (C=O) groups excluding carboxylic acids is 1. The van der Waals surface area contributed by atoms with Gasteiger partial charge in [0.05, 0.1) is 17.4 Å². The third kappa shape index (κ3) is 3.04. The van der Waals surface area contributed by atoms with Gasteiger partial charge in [-0.05, 0) is 30.3 Å². The highest BCUT2D eigenvalue weighted by Gasteiger charge is 2.08. The number of ether oxygens (including phenoxy) is 1. The SMILES string of the molecule is Cn1ccc2c(OCC(=O)Nc3ccc(Cl)nc3)cccc21. The molecule has 0 spiro atoms. The monoisotopic (exact) mass is 315 g/mol. The minimum atomic E-state index is -0.253. The second-order valence-corrected chi connectivity index (χ2v) is 5.21. The first-order valence-electron chi connectivity index (χ1n) is 6.72. The number of carbonyl (C=O) groups is 1. The second kappa shape index (κ2) is 6.07. The van der Waals surface area contributed by atoms with E-state index < -0.39 is 0 Å². The first-order chi connectivity index (χ1) is 10.6. The number of anilines is 1. The van der Waals surface area contributed by atoms with E-state index >= 15 is 0 Å². The molecule has 1 N–H and O–H groups in total. The molecule has 0 fully saturated rings. The Bertz CT molecular complexity index is 812. The number of hydrogen-bond acceptors (Lipinski definition) is 3. The van der Waals surface area contributed by atoms with Crippen LogP contribution in [0.2, 0.25) is 5.15 Å². The highest BCUT2D eigenvalue weighted by molar-refractivity contribution is 6.29. The molecular weight excluding hydrogens is 302 g/mol. The molecule has 0 aliphatic carbocycles. The van der Waals surface area contributed by atoms with Gasteiger partial charge >= 0.3 is 0 Å². The van der Waals surface area contributed by atoms with E-state index in [9.17, 15) is 4.79 Å². The third-order valence-electron chi connectivity index (χ3n) is 3.26. The molecule has 6 heteroatoms. The number of fused-ring (bicyclic) bond motifs is 1. The molecule has 0 aliphatic heterocycles. The van der Waals surface area contributed by atoms with Gasteiger partial charge in [-0.2, -0.15) is 0 Å². The molecule has 0 aliphatic rings. The molecule has 112 valence electrons. The van der Waals surface area contributed by atoms with Gasteiger partial charge in [0.25, 0.3) is 5.91 Å². The van der Waals surface area contributed by atoms with Crippen molar-refractivity contribution in [3.63, 3.8) is 0 Å². The lowest BCUT2D eigenvalue weighted by Crippen LogP contribution is -2.20. The van der Waals surface area contributed by atoms with Gasteiger partial charge in [0, 0.05) is 18.6 Å². The fourth-order valence-corrected chi connectivity index (χ4v) is 2.30. The molecule has 2 heterocycles. The topological polar surface area (TPSA) is 56.1 Å². The van der Waals surface area contributed by atoms with E-state index in [1.807, 2.05) is 42.1 Å². The summed E-state index contributed by atoms with van der Waals surface area (Å²) in [5.41, 5.74) is 1.63. The molecule has 0 atom stereocenters. The van der Waals surface area contributed by atoms with E-state index in [1.165, 1.54) is 6.20 Å². The molecule has 1 aromatic carbocycles. The van der Waals surface area contributed by atoms with Crippen LogP contribution < -0.4 is 10.1 Å². The summed E-state index contributed by atoms with van der Waals surface area (Å²) in [7, 11) is 1.96. The Morgan fingerprint density at radius 3 is 2.95 bits per heavy atom. The maximum absolute atomic E-state index is 11.9. The van der Waals surface area contributed by atoms with Crippen molar-refractivity contribution in [1.29, 1.82) is 0 Å². The first kappa shape index (κ1) is 14.4. The minimum absolute atomic E-state index is 0.0728. The van der Waals surface area contributed by atoms with Crippen LogP contribution in [0.15, 0.2) is 48.8 Å². The van der Waals surface area contributed by atoms with Gasteiger partial charge in [0.15, 0.2) is 6.61 Å². The minimum Gasteiger partial charge on any atom is -0.483 e. The number of aromatic nitrogens is 2. The average molecular weight is 316 g/mol. The summed E-state index contributed by atoms with van der Waals surface area (Å²) in [5, 5.41) is 4.06. The lowest BCUT2D eigenvalue weighted by Gasteiger charge is -2.08. The fraction of sp³-hybridized carbons (Fsp3) is 0.125. The number of aryl methyl sites for hydroxylation is 1. The Balaban J connectivity index is 1.66. The maximum atomic E-state index is 11.9. The second-order valence-electron chi connectivity index (χ2n) is 4.82. The van der Waals surface area contributed by atoms with Gasteiger partial charge in [0.2, 0.25) is 0 Å². The van der Waals surface area contributed by atoms with Crippen molar-refractivity contribution < 1.29 is 9.53 Å². The number of nitrogens with zero attached hydrogens (tertiary/aromatic N) is 2. The molecule has 0 unspecified atom stereocenters. The molecule has 0 radical (unpaired) electrons. The van der Waals surface area contributed by atoms with Gasteiger partial charge in [-0.25, -0.2) is 4.98 Å². The number of hydrogen-bond donors (Lipinski definition) is 1. The molecule has 22 heavy (non-hydrogen) atoms. The van der Waals surface area contributed by atoms with Crippen LogP contribution >= 0.6 is 11.6 Å². The molecule has 3 aromatic rings. The molecule has 1 amide bonds. The van der Waals surface area contributed by atoms with E-state index in [1.54, 1.807) is 12.1 Å². The zero-order valence-electron chi connectivity index (χ0n) is 11.9. The summed E-state index contributed by atoms with van der Waals surface area (Å²) in [4.78, 5) is 15.8. The lowest BCUT2D eigenvalue weighted by molar-refractivity contribution is -0.118. The first-order valence-corrected chi connectivity index (χ1v) is 7.09. The molecular formula is C16H14ClN3O2. The third-order valence-corrected chi connectivity index (χ3v) is 3.48. The Labute approximate surface area is 132 Å². The smallest absolute Gasteiger partial charge is 0.262 e. The highest BCUT2D eigenvalue weighted by atomic mass is 35.5. The summed E-state index contributed by atoms with van der Waals surface area (Å²) < 4.78 is 7.62. The maximum Gasteiger partial charge on any atom is 0.262 e. The number of nitrogens with one attached hydrogen (secondary N) is 1. The van der Waals surface area contributed by atoms with Crippen molar-refractivity contribution in [1.82, 2.24) is 9.55 Å². The summed E-state index contributed by atoms with van der Waals surface area (Å²) in [6, 6.07) is 11.0. The van der Waals surface area contributed by atoms with Crippen molar-refractivity contribution in [3.05, 3.63) is 53.9 Å². The zero-order chi connectivity index (χ0) is 15.5. The fourth-order valence-electron chi connectivity index (χ4n) is 2.19. The van der Waals surface area contributed by atoms with E-state index in [0.717, 1.165) is 10.9 Å². The van der Waals surface area contributed by atoms with Crippen LogP contribution in [0.4, 0.5) is 5.69 Å². The number of amides is 1. The van der Waals surface area contributed by atoms with Gasteiger partial charge < -0.3 is 14.6 Å². The molecule has 2 aromatic heterocycles. The quantitative estimate of drug-likeness (QED) is 0.752. The molecule has 0 saturated heterocycles. The van der Waals surface area contributed by atoms with E-state index in [-0.39, 0.29) is 12.5 Å². The van der Waals surface area contributed by atoms with Crippen molar-refractivity contribution in [2.24, 2.45) is 7.05 Å². The largest absolute Gasteiger partial charge is 0.483 e. The molecule has 3 rings (SSSR count). The normalized spacial score (nSPS) is 10.6. The molecule has 0 bridgehead atoms. The lowest BCUT2D eigenvalue weighted by atomic mass is 10.2. The molecule has 5 nitrogen and oxygen atoms in total. The van der Waals surface area contributed by atoms with Gasteiger partial charge in [-0.3, -0.25) is 4.79 Å². The highest BCUT2D eigenvalue weighted by Crippen LogP contribution is 2.25. The van der Waals surface area contributed by atoms with Crippen LogP contribution in [-0.4, -0.2) is 22.1 Å². The van der Waals surface area contributed by atoms with Crippen LogP contribution in [0.3, 0.4) is 0 Å². The predicted octanol–water partition coefficient (Wildman–Crippen LogP) is 3.24. The Morgan fingerprint density at radius 2 is 2.18 bits per heavy atom. The number of halogens is 1. The van der Waals surface area contributed by atoms with Crippen LogP contribution in [0, 0.1) is 0 Å². The number of pyridine rings is 1. The van der Waals surface area contributed by atoms with Crippen LogP contribution in [0.1, 0.15) is 0 Å². The Hall–Kier alpha value is -2.53. The van der Waals surface area contributed by atoms with Crippen LogP contribution in [-0.2, 0) is 11.8 Å². The van der Waals surface area contributed by atoms with E-state index in [4.69, 9.17) is 16.3 Å².